The normalized spacial score (nSPS) is 20.4. The van der Waals surface area contributed by atoms with Crippen LogP contribution in [0.2, 0.25) is 0 Å². The van der Waals surface area contributed by atoms with E-state index in [1.807, 2.05) is 33.8 Å². The Hall–Kier alpha value is -1.27. The van der Waals surface area contributed by atoms with E-state index >= 15 is 0 Å². The highest BCUT2D eigenvalue weighted by molar-refractivity contribution is 6.62. The second-order valence-electron chi connectivity index (χ2n) is 5.57. The Balaban J connectivity index is 2.30. The van der Waals surface area contributed by atoms with E-state index in [0.717, 1.165) is 5.46 Å². The average Bonchev–Trinajstić information content (AvgIpc) is 2.57. The van der Waals surface area contributed by atoms with Gasteiger partial charge in [0.2, 0.25) is 0 Å². The fraction of sp³-hybridized carbons (Fsp3) is 0.615. The molecule has 0 atom stereocenters. The predicted octanol–water partition coefficient (Wildman–Crippen LogP) is 1.40. The van der Waals surface area contributed by atoms with Gasteiger partial charge in [0.25, 0.3) is 5.88 Å². The van der Waals surface area contributed by atoms with Crippen molar-refractivity contribution in [1.29, 1.82) is 0 Å². The van der Waals surface area contributed by atoms with Crippen molar-refractivity contribution in [3.8, 4) is 11.6 Å². The molecule has 0 saturated carbocycles. The summed E-state index contributed by atoms with van der Waals surface area (Å²) in [6.45, 7) is 8.06. The smallest absolute Gasteiger partial charge is 0.491 e. The Labute approximate surface area is 114 Å². The van der Waals surface area contributed by atoms with Crippen molar-refractivity contribution >= 4 is 12.6 Å². The minimum Gasteiger partial charge on any atom is -0.491 e. The van der Waals surface area contributed by atoms with Crippen molar-refractivity contribution in [3.63, 3.8) is 0 Å². The lowest BCUT2D eigenvalue weighted by Crippen LogP contribution is -2.41. The second-order valence-corrected chi connectivity index (χ2v) is 5.57. The summed E-state index contributed by atoms with van der Waals surface area (Å²) in [5.74, 6) is 1.01. The molecule has 0 bridgehead atoms. The molecule has 1 aliphatic rings. The summed E-state index contributed by atoms with van der Waals surface area (Å²) in [5.41, 5.74) is 0.0756. The van der Waals surface area contributed by atoms with E-state index in [1.165, 1.54) is 0 Å². The summed E-state index contributed by atoms with van der Waals surface area (Å²) in [5, 5.41) is 0. The average molecular weight is 265 g/mol. The van der Waals surface area contributed by atoms with Crippen LogP contribution >= 0.6 is 0 Å². The first kappa shape index (κ1) is 14.2. The maximum Gasteiger partial charge on any atom is 0.496 e. The van der Waals surface area contributed by atoms with Crippen molar-refractivity contribution in [2.75, 3.05) is 14.2 Å². The van der Waals surface area contributed by atoms with Crippen LogP contribution in [0.4, 0.5) is 0 Å². The van der Waals surface area contributed by atoms with Gasteiger partial charge in [-0.3, -0.25) is 0 Å². The fourth-order valence-electron chi connectivity index (χ4n) is 1.85. The summed E-state index contributed by atoms with van der Waals surface area (Å²) in [7, 11) is 2.68. The van der Waals surface area contributed by atoms with Crippen molar-refractivity contribution in [3.05, 3.63) is 12.3 Å². The van der Waals surface area contributed by atoms with Crippen molar-refractivity contribution in [2.24, 2.45) is 0 Å². The molecule has 1 saturated heterocycles. The van der Waals surface area contributed by atoms with Crippen LogP contribution < -0.4 is 14.9 Å². The highest BCUT2D eigenvalue weighted by atomic mass is 16.7. The zero-order chi connectivity index (χ0) is 14.3. The molecule has 19 heavy (non-hydrogen) atoms. The van der Waals surface area contributed by atoms with Crippen LogP contribution in [0.1, 0.15) is 27.7 Å². The first-order chi connectivity index (χ1) is 8.80. The van der Waals surface area contributed by atoms with E-state index in [9.17, 15) is 0 Å². The van der Waals surface area contributed by atoms with E-state index in [4.69, 9.17) is 18.8 Å². The molecule has 1 aromatic rings. The summed E-state index contributed by atoms with van der Waals surface area (Å²) in [4.78, 5) is 4.20. The van der Waals surface area contributed by atoms with Crippen LogP contribution in [0, 0.1) is 0 Å². The van der Waals surface area contributed by atoms with Crippen molar-refractivity contribution in [2.45, 2.75) is 38.9 Å². The Bertz CT molecular complexity index is 460. The van der Waals surface area contributed by atoms with Gasteiger partial charge >= 0.3 is 7.12 Å². The summed E-state index contributed by atoms with van der Waals surface area (Å²) in [6, 6.07) is 1.83. The van der Waals surface area contributed by atoms with Gasteiger partial charge in [0, 0.05) is 11.7 Å². The minimum absolute atomic E-state index is 0.370. The first-order valence-electron chi connectivity index (χ1n) is 6.24. The quantitative estimate of drug-likeness (QED) is 0.773. The van der Waals surface area contributed by atoms with Gasteiger partial charge in [-0.2, -0.15) is 0 Å². The molecule has 5 nitrogen and oxygen atoms in total. The molecule has 1 aromatic heterocycles. The molecule has 104 valence electrons. The Morgan fingerprint density at radius 2 is 1.63 bits per heavy atom. The highest BCUT2D eigenvalue weighted by Gasteiger charge is 2.51. The van der Waals surface area contributed by atoms with E-state index in [-0.39, 0.29) is 11.2 Å². The summed E-state index contributed by atoms with van der Waals surface area (Å²) >= 11 is 0. The number of pyridine rings is 1. The molecule has 0 aromatic carbocycles. The molecule has 2 heterocycles. The molecule has 1 fully saturated rings. The Morgan fingerprint density at radius 3 is 2.11 bits per heavy atom. The number of hydrogen-bond donors (Lipinski definition) is 0. The molecule has 6 heteroatoms. The first-order valence-corrected chi connectivity index (χ1v) is 6.24. The van der Waals surface area contributed by atoms with Crippen LogP contribution in [0.3, 0.4) is 0 Å². The lowest BCUT2D eigenvalue weighted by Gasteiger charge is -2.32. The van der Waals surface area contributed by atoms with E-state index in [0.29, 0.717) is 11.6 Å². The predicted molar refractivity (Wildman–Crippen MR) is 73.1 cm³/mol. The maximum absolute atomic E-state index is 5.96. The molecular formula is C13H20BNO4. The lowest BCUT2D eigenvalue weighted by atomic mass is 9.80. The number of hydrogen-bond acceptors (Lipinski definition) is 5. The van der Waals surface area contributed by atoms with Gasteiger partial charge in [0.1, 0.15) is 0 Å². The molecule has 0 spiro atoms. The zero-order valence-electron chi connectivity index (χ0n) is 12.3. The lowest BCUT2D eigenvalue weighted by molar-refractivity contribution is 0.00578. The van der Waals surface area contributed by atoms with Crippen LogP contribution in [0.15, 0.2) is 12.3 Å². The van der Waals surface area contributed by atoms with Gasteiger partial charge in [0.05, 0.1) is 25.4 Å². The fourth-order valence-corrected chi connectivity index (χ4v) is 1.85. The zero-order valence-corrected chi connectivity index (χ0v) is 12.3. The van der Waals surface area contributed by atoms with Gasteiger partial charge < -0.3 is 18.8 Å². The van der Waals surface area contributed by atoms with Gasteiger partial charge in [-0.15, -0.1) is 0 Å². The maximum atomic E-state index is 5.96. The SMILES string of the molecule is COc1cc(B2OC(C)(C)C(C)(C)O2)cnc1OC. The van der Waals surface area contributed by atoms with Gasteiger partial charge in [-0.25, -0.2) is 4.98 Å². The van der Waals surface area contributed by atoms with Crippen LogP contribution in [0.5, 0.6) is 11.6 Å². The van der Waals surface area contributed by atoms with E-state index < -0.39 is 7.12 Å². The number of rotatable bonds is 3. The van der Waals surface area contributed by atoms with Crippen LogP contribution in [0.25, 0.3) is 0 Å². The van der Waals surface area contributed by atoms with Crippen LogP contribution in [-0.2, 0) is 9.31 Å². The molecule has 0 aliphatic carbocycles. The molecular weight excluding hydrogens is 245 g/mol. The highest BCUT2D eigenvalue weighted by Crippen LogP contribution is 2.36. The third kappa shape index (κ3) is 2.42. The molecule has 2 rings (SSSR count). The third-order valence-corrected chi connectivity index (χ3v) is 3.78. The molecule has 0 amide bonds. The number of methoxy groups -OCH3 is 2. The summed E-state index contributed by atoms with van der Waals surface area (Å²) < 4.78 is 22.3. The molecule has 0 unspecified atom stereocenters. The third-order valence-electron chi connectivity index (χ3n) is 3.78. The van der Waals surface area contributed by atoms with Crippen molar-refractivity contribution < 1.29 is 18.8 Å². The van der Waals surface area contributed by atoms with E-state index in [2.05, 4.69) is 4.98 Å². The van der Waals surface area contributed by atoms with Gasteiger partial charge in [0.15, 0.2) is 5.75 Å². The number of nitrogens with zero attached hydrogens (tertiary/aromatic N) is 1. The molecule has 0 N–H and O–H groups in total. The largest absolute Gasteiger partial charge is 0.496 e. The van der Waals surface area contributed by atoms with Gasteiger partial charge in [-0.1, -0.05) is 0 Å². The standard InChI is InChI=1S/C13H20BNO4/c1-12(2)13(3,4)19-14(18-12)9-7-10(16-5)11(17-6)15-8-9/h7-8H,1-6H3. The van der Waals surface area contributed by atoms with Crippen molar-refractivity contribution in [1.82, 2.24) is 4.98 Å². The molecule has 1 aliphatic heterocycles. The molecule has 0 radical (unpaired) electrons. The summed E-state index contributed by atoms with van der Waals surface area (Å²) in [6.07, 6.45) is 1.68. The van der Waals surface area contributed by atoms with E-state index in [1.54, 1.807) is 20.4 Å². The monoisotopic (exact) mass is 265 g/mol. The Kier molecular flexibility index (Phi) is 3.49. The Morgan fingerprint density at radius 1 is 1.05 bits per heavy atom. The van der Waals surface area contributed by atoms with Gasteiger partial charge in [-0.05, 0) is 33.8 Å². The topological polar surface area (TPSA) is 49.8 Å². The van der Waals surface area contributed by atoms with Crippen LogP contribution in [-0.4, -0.2) is 37.5 Å². The number of ether oxygens (including phenoxy) is 2. The minimum atomic E-state index is -0.447. The number of aromatic nitrogens is 1. The second kappa shape index (κ2) is 4.69.